The number of aliphatic hydroxyl groups is 1. The molecule has 0 aliphatic carbocycles. The molecule has 0 fully saturated rings. The Hall–Kier alpha value is 0.160. The molecule has 0 amide bonds. The number of rotatable bonds is 3. The van der Waals surface area contributed by atoms with E-state index in [0.717, 1.165) is 0 Å². The number of aliphatic hydroxyl groups excluding tert-OH is 1. The fourth-order valence-corrected chi connectivity index (χ4v) is 0.781. The third-order valence-electron chi connectivity index (χ3n) is 1.32. The minimum Gasteiger partial charge on any atom is -0.459 e. The summed E-state index contributed by atoms with van der Waals surface area (Å²) in [5.74, 6) is -0.315. The molecular formula is C7H13IO3. The lowest BCUT2D eigenvalue weighted by Gasteiger charge is -2.28. The lowest BCUT2D eigenvalue weighted by Crippen LogP contribution is -2.38. The zero-order valence-corrected chi connectivity index (χ0v) is 9.08. The molecule has 0 aromatic heterocycles. The van der Waals surface area contributed by atoms with Gasteiger partial charge < -0.3 is 9.84 Å². The van der Waals surface area contributed by atoms with Crippen molar-refractivity contribution in [3.63, 3.8) is 0 Å². The molecule has 66 valence electrons. The first-order valence-electron chi connectivity index (χ1n) is 3.34. The van der Waals surface area contributed by atoms with Crippen LogP contribution in [0.3, 0.4) is 0 Å². The summed E-state index contributed by atoms with van der Waals surface area (Å²) in [7, 11) is 0. The van der Waals surface area contributed by atoms with Gasteiger partial charge in [0.1, 0.15) is 5.60 Å². The third-order valence-corrected chi connectivity index (χ3v) is 3.22. The number of alkyl halides is 1. The lowest BCUT2D eigenvalue weighted by atomic mass is 10.1. The van der Waals surface area contributed by atoms with Crippen LogP contribution in [0, 0.1) is 0 Å². The second-order valence-electron chi connectivity index (χ2n) is 2.85. The molecule has 0 aliphatic heterocycles. The summed E-state index contributed by atoms with van der Waals surface area (Å²) in [6.07, 6.45) is 0. The molecule has 0 saturated carbocycles. The van der Waals surface area contributed by atoms with E-state index >= 15 is 0 Å². The summed E-state index contributed by atoms with van der Waals surface area (Å²) >= 11 is 2.05. The van der Waals surface area contributed by atoms with E-state index in [4.69, 9.17) is 9.84 Å². The molecule has 0 rings (SSSR count). The van der Waals surface area contributed by atoms with E-state index in [-0.39, 0.29) is 16.5 Å². The van der Waals surface area contributed by atoms with Gasteiger partial charge in [0.2, 0.25) is 0 Å². The fraction of sp³-hybridized carbons (Fsp3) is 0.857. The topological polar surface area (TPSA) is 46.5 Å². The van der Waals surface area contributed by atoms with Gasteiger partial charge >= 0.3 is 5.97 Å². The Bertz CT molecular complexity index is 145. The predicted octanol–water partition coefficient (Wildman–Crippen LogP) is 1.12. The van der Waals surface area contributed by atoms with E-state index in [1.54, 1.807) is 13.8 Å². The van der Waals surface area contributed by atoms with Crippen LogP contribution in [-0.4, -0.2) is 27.2 Å². The molecule has 0 spiro atoms. The van der Waals surface area contributed by atoms with Crippen molar-refractivity contribution in [3.05, 3.63) is 0 Å². The summed E-state index contributed by atoms with van der Waals surface area (Å²) in [6, 6.07) is 0. The Morgan fingerprint density at radius 3 is 2.45 bits per heavy atom. The molecule has 0 saturated heterocycles. The first kappa shape index (κ1) is 11.2. The second kappa shape index (κ2) is 4.25. The normalized spacial score (nSPS) is 14.3. The highest BCUT2D eigenvalue weighted by Crippen LogP contribution is 2.21. The maximum Gasteiger partial charge on any atom is 0.303 e. The van der Waals surface area contributed by atoms with Crippen LogP contribution in [0.5, 0.6) is 0 Å². The summed E-state index contributed by atoms with van der Waals surface area (Å²) in [5, 5.41) is 8.78. The summed E-state index contributed by atoms with van der Waals surface area (Å²) < 4.78 is 4.92. The maximum atomic E-state index is 10.6. The maximum absolute atomic E-state index is 10.6. The minimum atomic E-state index is -0.582. The van der Waals surface area contributed by atoms with Crippen molar-refractivity contribution in [2.24, 2.45) is 0 Å². The summed E-state index contributed by atoms with van der Waals surface area (Å²) in [5.41, 5.74) is -0.582. The fourth-order valence-electron chi connectivity index (χ4n) is 0.654. The van der Waals surface area contributed by atoms with Gasteiger partial charge in [-0.1, -0.05) is 22.6 Å². The van der Waals surface area contributed by atoms with Crippen LogP contribution in [0.2, 0.25) is 0 Å². The Morgan fingerprint density at radius 2 is 2.18 bits per heavy atom. The number of hydrogen-bond acceptors (Lipinski definition) is 3. The number of halogens is 1. The number of ether oxygens (including phenoxy) is 1. The van der Waals surface area contributed by atoms with Gasteiger partial charge in [0.25, 0.3) is 0 Å². The van der Waals surface area contributed by atoms with Gasteiger partial charge in [-0.05, 0) is 13.8 Å². The smallest absolute Gasteiger partial charge is 0.303 e. The number of carbonyl (C=O) groups excluding carboxylic acids is 1. The zero-order valence-electron chi connectivity index (χ0n) is 6.93. The van der Waals surface area contributed by atoms with E-state index in [1.807, 2.05) is 0 Å². The van der Waals surface area contributed by atoms with Crippen LogP contribution in [-0.2, 0) is 9.53 Å². The van der Waals surface area contributed by atoms with Crippen molar-refractivity contribution in [1.82, 2.24) is 0 Å². The average molecular weight is 272 g/mol. The third kappa shape index (κ3) is 3.91. The molecule has 11 heavy (non-hydrogen) atoms. The standard InChI is InChI=1S/C7H13IO3/c1-5(10)11-7(2,3)6(8)4-9/h6,9H,4H2,1-3H3. The van der Waals surface area contributed by atoms with Crippen molar-refractivity contribution in [2.45, 2.75) is 30.3 Å². The minimum absolute atomic E-state index is 0.0147. The first-order valence-corrected chi connectivity index (χ1v) is 4.59. The van der Waals surface area contributed by atoms with Gasteiger partial charge in [-0.3, -0.25) is 4.79 Å². The largest absolute Gasteiger partial charge is 0.459 e. The molecule has 3 nitrogen and oxygen atoms in total. The highest BCUT2D eigenvalue weighted by molar-refractivity contribution is 14.1. The molecule has 1 atom stereocenters. The monoisotopic (exact) mass is 272 g/mol. The van der Waals surface area contributed by atoms with Crippen molar-refractivity contribution >= 4 is 28.6 Å². The zero-order chi connectivity index (χ0) is 9.07. The van der Waals surface area contributed by atoms with Crippen LogP contribution in [0.1, 0.15) is 20.8 Å². The summed E-state index contributed by atoms with van der Waals surface area (Å²) in [4.78, 5) is 10.6. The van der Waals surface area contributed by atoms with Gasteiger partial charge in [-0.2, -0.15) is 0 Å². The average Bonchev–Trinajstić information content (AvgIpc) is 1.83. The van der Waals surface area contributed by atoms with Crippen LogP contribution in [0.4, 0.5) is 0 Å². The molecule has 0 aromatic carbocycles. The van der Waals surface area contributed by atoms with Crippen LogP contribution < -0.4 is 0 Å². The van der Waals surface area contributed by atoms with E-state index < -0.39 is 5.60 Å². The Balaban J connectivity index is 4.08. The lowest BCUT2D eigenvalue weighted by molar-refractivity contribution is -0.153. The van der Waals surface area contributed by atoms with Gasteiger partial charge in [0.05, 0.1) is 10.5 Å². The van der Waals surface area contributed by atoms with Crippen molar-refractivity contribution in [1.29, 1.82) is 0 Å². The molecule has 1 unspecified atom stereocenters. The van der Waals surface area contributed by atoms with Crippen molar-refractivity contribution in [3.8, 4) is 0 Å². The van der Waals surface area contributed by atoms with Crippen LogP contribution in [0.15, 0.2) is 0 Å². The summed E-state index contributed by atoms with van der Waals surface area (Å²) in [6.45, 7) is 4.94. The van der Waals surface area contributed by atoms with E-state index in [0.29, 0.717) is 0 Å². The predicted molar refractivity (Wildman–Crippen MR) is 50.7 cm³/mol. The molecule has 0 aromatic rings. The van der Waals surface area contributed by atoms with Gasteiger partial charge in [-0.15, -0.1) is 0 Å². The number of carbonyl (C=O) groups is 1. The molecule has 0 heterocycles. The second-order valence-corrected chi connectivity index (χ2v) is 4.35. The Labute approximate surface area is 80.3 Å². The number of esters is 1. The Morgan fingerprint density at radius 1 is 1.73 bits per heavy atom. The van der Waals surface area contributed by atoms with E-state index in [2.05, 4.69) is 22.6 Å². The van der Waals surface area contributed by atoms with E-state index in [9.17, 15) is 4.79 Å². The molecule has 0 radical (unpaired) electrons. The van der Waals surface area contributed by atoms with Gasteiger partial charge in [0.15, 0.2) is 0 Å². The van der Waals surface area contributed by atoms with Crippen LogP contribution in [0.25, 0.3) is 0 Å². The van der Waals surface area contributed by atoms with Gasteiger partial charge in [-0.25, -0.2) is 0 Å². The SMILES string of the molecule is CC(=O)OC(C)(C)C(I)CO. The van der Waals surface area contributed by atoms with Crippen molar-refractivity contribution < 1.29 is 14.6 Å². The molecular weight excluding hydrogens is 259 g/mol. The highest BCUT2D eigenvalue weighted by atomic mass is 127. The highest BCUT2D eigenvalue weighted by Gasteiger charge is 2.29. The first-order chi connectivity index (χ1) is 4.90. The van der Waals surface area contributed by atoms with Crippen LogP contribution >= 0.6 is 22.6 Å². The Kier molecular flexibility index (Phi) is 4.31. The molecule has 4 heteroatoms. The van der Waals surface area contributed by atoms with E-state index in [1.165, 1.54) is 6.92 Å². The molecule has 1 N–H and O–H groups in total. The number of hydrogen-bond donors (Lipinski definition) is 1. The molecule has 0 bridgehead atoms. The van der Waals surface area contributed by atoms with Gasteiger partial charge in [0, 0.05) is 6.92 Å². The van der Waals surface area contributed by atoms with Crippen molar-refractivity contribution in [2.75, 3.05) is 6.61 Å². The quantitative estimate of drug-likeness (QED) is 0.476. The molecule has 0 aliphatic rings.